The SMILES string of the molecule is C1=CSC(=C2SC=CS2)S1.F.[3H][3H]. The van der Waals surface area contributed by atoms with Gasteiger partial charge in [-0.1, -0.05) is 47.0 Å². The first-order chi connectivity index (χ1) is 5.97. The molecule has 5 heteroatoms. The molecule has 11 heavy (non-hydrogen) atoms. The van der Waals surface area contributed by atoms with E-state index >= 15 is 0 Å². The molecule has 0 aromatic carbocycles. The van der Waals surface area contributed by atoms with Crippen molar-refractivity contribution in [1.29, 1.82) is 0 Å². The summed E-state index contributed by atoms with van der Waals surface area (Å²) in [5, 5.41) is 8.53. The maximum absolute atomic E-state index is 5.00. The third kappa shape index (κ3) is 2.24. The van der Waals surface area contributed by atoms with Gasteiger partial charge < -0.3 is 0 Å². The van der Waals surface area contributed by atoms with Crippen molar-refractivity contribution in [2.24, 2.45) is 0 Å². The molecule has 0 unspecified atom stereocenters. The molecule has 0 nitrogen and oxygen atoms in total. The van der Waals surface area contributed by atoms with Crippen LogP contribution in [0.1, 0.15) is 2.97 Å². The van der Waals surface area contributed by atoms with Crippen LogP contribution >= 0.6 is 47.0 Å². The van der Waals surface area contributed by atoms with Crippen LogP contribution in [0.4, 0.5) is 4.70 Å². The Bertz CT molecular complexity index is 195. The van der Waals surface area contributed by atoms with Gasteiger partial charge in [-0.25, -0.2) is 0 Å². The number of thioether (sulfide) groups is 4. The molecule has 2 heterocycles. The van der Waals surface area contributed by atoms with Crippen molar-refractivity contribution in [2.75, 3.05) is 0 Å². The first kappa shape index (κ1) is 8.16. The highest BCUT2D eigenvalue weighted by atomic mass is 32.2. The fraction of sp³-hybridized carbons (Fsp3) is 0. The van der Waals surface area contributed by atoms with E-state index in [1.165, 1.54) is 8.47 Å². The van der Waals surface area contributed by atoms with Crippen LogP contribution in [0, 0.1) is 0 Å². The van der Waals surface area contributed by atoms with Crippen molar-refractivity contribution < 1.29 is 7.67 Å². The van der Waals surface area contributed by atoms with Gasteiger partial charge >= 0.3 is 0 Å². The first-order valence-corrected chi connectivity index (χ1v) is 6.19. The van der Waals surface area contributed by atoms with E-state index in [-0.39, 0.29) is 4.70 Å². The molecule has 0 bridgehead atoms. The average molecular weight is 230 g/mol. The quantitative estimate of drug-likeness (QED) is 0.604. The van der Waals surface area contributed by atoms with Crippen LogP contribution in [0.2, 0.25) is 0 Å². The topological polar surface area (TPSA) is 0 Å². The second-order valence-electron chi connectivity index (χ2n) is 1.59. The van der Waals surface area contributed by atoms with Crippen molar-refractivity contribution in [3.8, 4) is 0 Å². The molecule has 0 atom stereocenters. The van der Waals surface area contributed by atoms with Gasteiger partial charge in [-0.15, -0.1) is 0 Å². The highest BCUT2D eigenvalue weighted by molar-refractivity contribution is 8.33. The van der Waals surface area contributed by atoms with E-state index in [2.05, 4.69) is 21.6 Å². The van der Waals surface area contributed by atoms with Crippen LogP contribution < -0.4 is 0 Å². The Balaban J connectivity index is 0.000000451. The second-order valence-corrected chi connectivity index (χ2v) is 5.77. The molecule has 62 valence electrons. The van der Waals surface area contributed by atoms with Crippen molar-refractivity contribution >= 4 is 47.0 Å². The summed E-state index contributed by atoms with van der Waals surface area (Å²) < 4.78 is 12.9. The summed E-state index contributed by atoms with van der Waals surface area (Å²) in [5.74, 6) is 0. The van der Waals surface area contributed by atoms with E-state index in [9.17, 15) is 0 Å². The van der Waals surface area contributed by atoms with Crippen molar-refractivity contribution in [3.63, 3.8) is 0 Å². The summed E-state index contributed by atoms with van der Waals surface area (Å²) >= 11 is 7.28. The average Bonchev–Trinajstić information content (AvgIpc) is 2.80. The van der Waals surface area contributed by atoms with Gasteiger partial charge in [0.2, 0.25) is 0 Å². The van der Waals surface area contributed by atoms with Crippen LogP contribution in [0.3, 0.4) is 0 Å². The summed E-state index contributed by atoms with van der Waals surface area (Å²) in [4.78, 5) is 0. The zero-order valence-corrected chi connectivity index (χ0v) is 8.62. The van der Waals surface area contributed by atoms with Crippen LogP contribution in [0.5, 0.6) is 0 Å². The fourth-order valence-electron chi connectivity index (χ4n) is 0.606. The largest absolute Gasteiger partial charge is 0.269 e. The van der Waals surface area contributed by atoms with Gasteiger partial charge in [0.1, 0.15) is 0 Å². The molecule has 0 aromatic rings. The van der Waals surface area contributed by atoms with E-state index in [0.717, 1.165) is 0 Å². The highest BCUT2D eigenvalue weighted by Crippen LogP contribution is 2.50. The Hall–Kier alpha value is 0.550. The molecule has 0 spiro atoms. The minimum absolute atomic E-state index is 0. The normalized spacial score (nSPS) is 21.8. The lowest BCUT2D eigenvalue weighted by Crippen LogP contribution is -1.62. The Morgan fingerprint density at radius 2 is 1.09 bits per heavy atom. The summed E-state index contributed by atoms with van der Waals surface area (Å²) in [5.41, 5.74) is 0. The van der Waals surface area contributed by atoms with Gasteiger partial charge in [-0.2, -0.15) is 0 Å². The van der Waals surface area contributed by atoms with Crippen LogP contribution in [-0.4, -0.2) is 0 Å². The van der Waals surface area contributed by atoms with Crippen LogP contribution in [-0.2, 0) is 0 Å². The molecule has 2 aliphatic heterocycles. The van der Waals surface area contributed by atoms with Gasteiger partial charge in [0.15, 0.2) is 0 Å². The Labute approximate surface area is 84.8 Å². The Kier molecular flexibility index (Phi) is 3.37. The molecule has 2 rings (SSSR count). The van der Waals surface area contributed by atoms with Crippen LogP contribution in [0.25, 0.3) is 0 Å². The Morgan fingerprint density at radius 1 is 0.818 bits per heavy atom. The van der Waals surface area contributed by atoms with Gasteiger partial charge in [-0.05, 0) is 21.6 Å². The lowest BCUT2D eigenvalue weighted by Gasteiger charge is -1.97. The highest BCUT2D eigenvalue weighted by Gasteiger charge is 2.12. The zero-order valence-electron chi connectivity index (χ0n) is 7.35. The molecule has 2 aliphatic rings. The molecule has 0 fully saturated rings. The van der Waals surface area contributed by atoms with E-state index in [0.29, 0.717) is 0 Å². The number of rotatable bonds is 0. The van der Waals surface area contributed by atoms with Gasteiger partial charge in [0.05, 0.1) is 8.47 Å². The summed E-state index contributed by atoms with van der Waals surface area (Å²) in [7, 11) is 0. The zero-order chi connectivity index (χ0) is 8.81. The monoisotopic (exact) mass is 230 g/mol. The maximum atomic E-state index is 5.00. The van der Waals surface area contributed by atoms with Gasteiger partial charge in [-0.3, -0.25) is 4.70 Å². The molecular formula is C6H7FS4. The molecule has 0 aliphatic carbocycles. The number of hydrogen-bond acceptors (Lipinski definition) is 4. The van der Waals surface area contributed by atoms with Crippen molar-refractivity contribution in [1.82, 2.24) is 0 Å². The molecule has 0 aromatic heterocycles. The minimum Gasteiger partial charge on any atom is -0.269 e. The predicted molar refractivity (Wildman–Crippen MR) is 60.3 cm³/mol. The number of hydrogen-bond donors (Lipinski definition) is 0. The van der Waals surface area contributed by atoms with E-state index in [4.69, 9.17) is 2.97 Å². The molecule has 0 saturated carbocycles. The number of halogens is 1. The van der Waals surface area contributed by atoms with E-state index in [1.54, 1.807) is 0 Å². The van der Waals surface area contributed by atoms with Crippen molar-refractivity contribution in [2.45, 2.75) is 0 Å². The second kappa shape index (κ2) is 4.54. The Morgan fingerprint density at radius 3 is 1.36 bits per heavy atom. The summed E-state index contributed by atoms with van der Waals surface area (Å²) in [6, 6.07) is 0. The fourth-order valence-corrected chi connectivity index (χ4v) is 4.64. The molecule has 0 radical (unpaired) electrons. The maximum Gasteiger partial charge on any atom is 0.0694 e. The lowest BCUT2D eigenvalue weighted by molar-refractivity contribution is 1.11. The standard InChI is InChI=1S/C6H4S4.FH.H2/c1-2-8-5(7-1)6-9-3-4-10-6;;/h1-4H;2*1H/i;;1+2T. The van der Waals surface area contributed by atoms with Gasteiger partial charge in [0, 0.05) is 2.97 Å². The van der Waals surface area contributed by atoms with E-state index in [1.807, 2.05) is 47.0 Å². The molecule has 0 amide bonds. The van der Waals surface area contributed by atoms with E-state index < -0.39 is 0 Å². The van der Waals surface area contributed by atoms with Gasteiger partial charge in [0.25, 0.3) is 0 Å². The minimum atomic E-state index is 0. The smallest absolute Gasteiger partial charge is 0.0694 e. The molecular weight excluding hydrogens is 219 g/mol. The summed E-state index contributed by atoms with van der Waals surface area (Å²) in [6.45, 7) is 0. The molecule has 0 N–H and O–H groups in total. The first-order valence-electron chi connectivity index (χ1n) is 3.68. The predicted octanol–water partition coefficient (Wildman–Crippen LogP) is 4.41. The third-order valence-electron chi connectivity index (χ3n) is 0.978. The third-order valence-corrected chi connectivity index (χ3v) is 5.76. The summed E-state index contributed by atoms with van der Waals surface area (Å²) in [6.07, 6.45) is 0. The molecule has 0 saturated heterocycles. The van der Waals surface area contributed by atoms with Crippen molar-refractivity contribution in [3.05, 3.63) is 30.1 Å². The lowest BCUT2D eigenvalue weighted by atomic mass is 11.2. The van der Waals surface area contributed by atoms with Crippen LogP contribution in [0.15, 0.2) is 30.1 Å².